The molecule has 6 heteroatoms. The third-order valence-corrected chi connectivity index (χ3v) is 4.72. The van der Waals surface area contributed by atoms with Crippen molar-refractivity contribution >= 4 is 29.0 Å². The van der Waals surface area contributed by atoms with Gasteiger partial charge in [-0.25, -0.2) is 9.59 Å². The predicted molar refractivity (Wildman–Crippen MR) is 110 cm³/mol. The number of carboxylic acid groups (broad SMARTS) is 1. The molecule has 146 valence electrons. The van der Waals surface area contributed by atoms with E-state index in [1.165, 1.54) is 16.5 Å². The molecule has 6 nitrogen and oxygen atoms in total. The molecule has 28 heavy (non-hydrogen) atoms. The van der Waals surface area contributed by atoms with Crippen LogP contribution in [0, 0.1) is 0 Å². The van der Waals surface area contributed by atoms with Gasteiger partial charge in [0.1, 0.15) is 0 Å². The van der Waals surface area contributed by atoms with Crippen molar-refractivity contribution in [2.75, 3.05) is 29.5 Å². The van der Waals surface area contributed by atoms with Crippen molar-refractivity contribution in [3.63, 3.8) is 0 Å². The lowest BCUT2D eigenvalue weighted by Gasteiger charge is -2.37. The number of benzene rings is 2. The average Bonchev–Trinajstić information content (AvgIpc) is 2.68. The van der Waals surface area contributed by atoms with Crippen LogP contribution in [0.5, 0.6) is 0 Å². The van der Waals surface area contributed by atoms with E-state index in [1.54, 1.807) is 6.92 Å². The quantitative estimate of drug-likeness (QED) is 0.623. The summed E-state index contributed by atoms with van der Waals surface area (Å²) in [5.74, 6) is -0.404. The SMILES string of the molecule is CCOC(=O)/C=C(\C)c1ccc2c(c1)N(C(=O)O)CCN2Cc1ccccc1. The number of carbonyl (C=O) groups is 2. The zero-order valence-electron chi connectivity index (χ0n) is 16.1. The molecule has 2 aromatic rings. The highest BCUT2D eigenvalue weighted by atomic mass is 16.5. The lowest BCUT2D eigenvalue weighted by molar-refractivity contribution is -0.137. The molecule has 0 spiro atoms. The standard InChI is InChI=1S/C22H24N2O4/c1-3-28-21(25)13-16(2)18-9-10-19-20(14-18)24(22(26)27)12-11-23(19)15-17-7-5-4-6-8-17/h4-10,13-14H,3,11-12,15H2,1-2H3,(H,26,27)/b16-13+. The zero-order valence-corrected chi connectivity index (χ0v) is 16.1. The normalized spacial score (nSPS) is 13.9. The summed E-state index contributed by atoms with van der Waals surface area (Å²) < 4.78 is 4.96. The van der Waals surface area contributed by atoms with Crippen molar-refractivity contribution in [1.82, 2.24) is 0 Å². The molecule has 0 saturated heterocycles. The van der Waals surface area contributed by atoms with Crippen LogP contribution >= 0.6 is 0 Å². The van der Waals surface area contributed by atoms with Crippen LogP contribution in [-0.2, 0) is 16.1 Å². The number of esters is 1. The molecule has 1 aliphatic rings. The van der Waals surface area contributed by atoms with Gasteiger partial charge in [-0.1, -0.05) is 36.4 Å². The number of hydrogen-bond acceptors (Lipinski definition) is 4. The van der Waals surface area contributed by atoms with Gasteiger partial charge < -0.3 is 14.7 Å². The Kier molecular flexibility index (Phi) is 5.99. The maximum atomic E-state index is 11.7. The van der Waals surface area contributed by atoms with Gasteiger partial charge in [-0.2, -0.15) is 0 Å². The second kappa shape index (κ2) is 8.61. The Morgan fingerprint density at radius 3 is 2.54 bits per heavy atom. The first-order valence-electron chi connectivity index (χ1n) is 9.28. The molecule has 1 amide bonds. The van der Waals surface area contributed by atoms with E-state index in [9.17, 15) is 14.7 Å². The van der Waals surface area contributed by atoms with Crippen LogP contribution < -0.4 is 9.80 Å². The maximum absolute atomic E-state index is 11.7. The maximum Gasteiger partial charge on any atom is 0.411 e. The minimum atomic E-state index is -0.982. The monoisotopic (exact) mass is 380 g/mol. The van der Waals surface area contributed by atoms with Crippen LogP contribution in [-0.4, -0.2) is 36.9 Å². The molecule has 0 atom stereocenters. The second-order valence-corrected chi connectivity index (χ2v) is 6.62. The number of anilines is 2. The number of nitrogens with zero attached hydrogens (tertiary/aromatic N) is 2. The fraction of sp³-hybridized carbons (Fsp3) is 0.273. The van der Waals surface area contributed by atoms with Gasteiger partial charge in [0.2, 0.25) is 0 Å². The highest BCUT2D eigenvalue weighted by Crippen LogP contribution is 2.36. The van der Waals surface area contributed by atoms with Crippen molar-refractivity contribution in [3.05, 3.63) is 65.7 Å². The molecule has 0 aromatic heterocycles. The van der Waals surface area contributed by atoms with Gasteiger partial charge in [-0.15, -0.1) is 0 Å². The molecule has 0 radical (unpaired) electrons. The summed E-state index contributed by atoms with van der Waals surface area (Å²) in [4.78, 5) is 27.0. The Morgan fingerprint density at radius 2 is 1.86 bits per heavy atom. The molecule has 0 aliphatic carbocycles. The molecular weight excluding hydrogens is 356 g/mol. The van der Waals surface area contributed by atoms with Crippen LogP contribution in [0.2, 0.25) is 0 Å². The third kappa shape index (κ3) is 4.34. The highest BCUT2D eigenvalue weighted by Gasteiger charge is 2.27. The summed E-state index contributed by atoms with van der Waals surface area (Å²) in [6.45, 7) is 5.59. The fourth-order valence-electron chi connectivity index (χ4n) is 3.32. The first kappa shape index (κ1) is 19.5. The van der Waals surface area contributed by atoms with Gasteiger partial charge in [-0.05, 0) is 42.7 Å². The van der Waals surface area contributed by atoms with Crippen molar-refractivity contribution in [1.29, 1.82) is 0 Å². The topological polar surface area (TPSA) is 70.1 Å². The van der Waals surface area contributed by atoms with Gasteiger partial charge >= 0.3 is 12.1 Å². The Morgan fingerprint density at radius 1 is 1.11 bits per heavy atom. The van der Waals surface area contributed by atoms with E-state index in [2.05, 4.69) is 17.0 Å². The van der Waals surface area contributed by atoms with Crippen molar-refractivity contribution in [3.8, 4) is 0 Å². The number of amides is 1. The lowest BCUT2D eigenvalue weighted by Crippen LogP contribution is -2.43. The third-order valence-electron chi connectivity index (χ3n) is 4.72. The molecule has 3 rings (SSSR count). The minimum absolute atomic E-state index is 0.314. The smallest absolute Gasteiger partial charge is 0.411 e. The van der Waals surface area contributed by atoms with E-state index in [0.717, 1.165) is 16.8 Å². The van der Waals surface area contributed by atoms with Crippen LogP contribution in [0.25, 0.3) is 5.57 Å². The number of hydrogen-bond donors (Lipinski definition) is 1. The van der Waals surface area contributed by atoms with Gasteiger partial charge in [-0.3, -0.25) is 4.90 Å². The van der Waals surface area contributed by atoms with Crippen molar-refractivity contribution in [2.24, 2.45) is 0 Å². The fourth-order valence-corrected chi connectivity index (χ4v) is 3.32. The molecule has 0 unspecified atom stereocenters. The number of ether oxygens (including phenoxy) is 1. The lowest BCUT2D eigenvalue weighted by atomic mass is 10.0. The summed E-state index contributed by atoms with van der Waals surface area (Å²) in [7, 11) is 0. The molecule has 0 fully saturated rings. The molecule has 1 N–H and O–H groups in total. The molecule has 0 bridgehead atoms. The Hall–Kier alpha value is -3.28. The van der Waals surface area contributed by atoms with E-state index in [4.69, 9.17) is 4.74 Å². The number of allylic oxidation sites excluding steroid dienone is 1. The van der Waals surface area contributed by atoms with Gasteiger partial charge in [0.25, 0.3) is 0 Å². The van der Waals surface area contributed by atoms with Gasteiger partial charge in [0, 0.05) is 25.7 Å². The highest BCUT2D eigenvalue weighted by molar-refractivity contribution is 5.95. The van der Waals surface area contributed by atoms with Crippen molar-refractivity contribution < 1.29 is 19.4 Å². The van der Waals surface area contributed by atoms with Gasteiger partial charge in [0.15, 0.2) is 0 Å². The summed E-state index contributed by atoms with van der Waals surface area (Å²) in [5, 5.41) is 9.62. The summed E-state index contributed by atoms with van der Waals surface area (Å²) in [6, 6.07) is 15.7. The average molecular weight is 380 g/mol. The predicted octanol–water partition coefficient (Wildman–Crippen LogP) is 4.16. The Balaban J connectivity index is 1.94. The van der Waals surface area contributed by atoms with E-state index in [1.807, 2.05) is 43.3 Å². The van der Waals surface area contributed by atoms with Crippen LogP contribution in [0.1, 0.15) is 25.0 Å². The molecule has 1 heterocycles. The number of rotatable bonds is 5. The zero-order chi connectivity index (χ0) is 20.1. The van der Waals surface area contributed by atoms with Gasteiger partial charge in [0.05, 0.1) is 18.0 Å². The number of fused-ring (bicyclic) bond motifs is 1. The first-order chi connectivity index (χ1) is 13.5. The molecule has 2 aromatic carbocycles. The van der Waals surface area contributed by atoms with E-state index < -0.39 is 12.1 Å². The summed E-state index contributed by atoms with van der Waals surface area (Å²) in [6.07, 6.45) is 0.450. The number of carbonyl (C=O) groups excluding carboxylic acids is 1. The molecular formula is C22H24N2O4. The van der Waals surface area contributed by atoms with Crippen LogP contribution in [0.3, 0.4) is 0 Å². The van der Waals surface area contributed by atoms with E-state index in [0.29, 0.717) is 31.9 Å². The van der Waals surface area contributed by atoms with Crippen molar-refractivity contribution in [2.45, 2.75) is 20.4 Å². The van der Waals surface area contributed by atoms with E-state index in [-0.39, 0.29) is 0 Å². The Labute approximate surface area is 164 Å². The Bertz CT molecular complexity index is 893. The van der Waals surface area contributed by atoms with E-state index >= 15 is 0 Å². The molecule has 0 saturated carbocycles. The summed E-state index contributed by atoms with van der Waals surface area (Å²) in [5.41, 5.74) is 4.18. The van der Waals surface area contributed by atoms with Crippen LogP contribution in [0.15, 0.2) is 54.6 Å². The second-order valence-electron chi connectivity index (χ2n) is 6.62. The first-order valence-corrected chi connectivity index (χ1v) is 9.28. The molecule has 1 aliphatic heterocycles. The summed E-state index contributed by atoms with van der Waals surface area (Å²) >= 11 is 0. The minimum Gasteiger partial charge on any atom is -0.465 e. The van der Waals surface area contributed by atoms with Crippen LogP contribution in [0.4, 0.5) is 16.2 Å². The largest absolute Gasteiger partial charge is 0.465 e.